The smallest absolute Gasteiger partial charge is 0.306 e. The molecular weight excluding hydrogens is 368 g/mol. The Hall–Kier alpha value is -3.41. The fraction of sp³-hybridized carbons (Fsp3) is 0.261. The minimum atomic E-state index is -0.876. The van der Waals surface area contributed by atoms with Crippen LogP contribution in [0.3, 0.4) is 0 Å². The van der Waals surface area contributed by atoms with E-state index in [0.29, 0.717) is 0 Å². The summed E-state index contributed by atoms with van der Waals surface area (Å²) in [5.41, 5.74) is 6.53. The fourth-order valence-corrected chi connectivity index (χ4v) is 3.47. The summed E-state index contributed by atoms with van der Waals surface area (Å²) in [6.07, 6.45) is 0.170. The van der Waals surface area contributed by atoms with E-state index < -0.39 is 23.8 Å². The van der Waals surface area contributed by atoms with E-state index in [2.05, 4.69) is 11.4 Å². The molecule has 0 fully saturated rings. The summed E-state index contributed by atoms with van der Waals surface area (Å²) in [6, 6.07) is 17.1. The Bertz CT molecular complexity index is 1010. The molecule has 0 radical (unpaired) electrons. The SMILES string of the molecule is CCOC(=O)CCC(=O)N[C@@H](Cc1c2ccccc2cc2ccccc12)C(N)=O. The Balaban J connectivity index is 1.87. The van der Waals surface area contributed by atoms with Crippen molar-refractivity contribution in [3.63, 3.8) is 0 Å². The second-order valence-corrected chi connectivity index (χ2v) is 6.83. The number of carbonyl (C=O) groups excluding carboxylic acids is 3. The van der Waals surface area contributed by atoms with Gasteiger partial charge < -0.3 is 15.8 Å². The molecule has 0 heterocycles. The third-order valence-electron chi connectivity index (χ3n) is 4.83. The van der Waals surface area contributed by atoms with Gasteiger partial charge in [0.2, 0.25) is 11.8 Å². The highest BCUT2D eigenvalue weighted by atomic mass is 16.5. The number of carbonyl (C=O) groups is 3. The second kappa shape index (κ2) is 9.19. The number of amides is 2. The summed E-state index contributed by atoms with van der Waals surface area (Å²) < 4.78 is 4.83. The van der Waals surface area contributed by atoms with E-state index in [0.717, 1.165) is 27.1 Å². The van der Waals surface area contributed by atoms with Gasteiger partial charge in [0.15, 0.2) is 0 Å². The molecule has 3 rings (SSSR count). The number of nitrogens with two attached hydrogens (primary N) is 1. The van der Waals surface area contributed by atoms with Crippen LogP contribution in [0.1, 0.15) is 25.3 Å². The van der Waals surface area contributed by atoms with Crippen molar-refractivity contribution in [2.24, 2.45) is 5.73 Å². The third-order valence-corrected chi connectivity index (χ3v) is 4.83. The fourth-order valence-electron chi connectivity index (χ4n) is 3.47. The molecule has 0 aliphatic heterocycles. The molecule has 0 saturated heterocycles. The van der Waals surface area contributed by atoms with Crippen LogP contribution >= 0.6 is 0 Å². The van der Waals surface area contributed by atoms with Crippen molar-refractivity contribution in [3.05, 3.63) is 60.2 Å². The number of fused-ring (bicyclic) bond motifs is 2. The van der Waals surface area contributed by atoms with Crippen LogP contribution in [0.25, 0.3) is 21.5 Å². The zero-order valence-corrected chi connectivity index (χ0v) is 16.3. The van der Waals surface area contributed by atoms with E-state index in [4.69, 9.17) is 10.5 Å². The van der Waals surface area contributed by atoms with Crippen molar-refractivity contribution < 1.29 is 19.1 Å². The molecule has 0 aromatic heterocycles. The Labute approximate surface area is 169 Å². The van der Waals surface area contributed by atoms with Gasteiger partial charge in [-0.25, -0.2) is 0 Å². The van der Waals surface area contributed by atoms with E-state index in [1.807, 2.05) is 48.5 Å². The number of primary amides is 1. The van der Waals surface area contributed by atoms with Crippen LogP contribution in [-0.2, 0) is 25.5 Å². The van der Waals surface area contributed by atoms with Gasteiger partial charge in [-0.05, 0) is 40.1 Å². The molecule has 3 aromatic rings. The largest absolute Gasteiger partial charge is 0.466 e. The normalized spacial score (nSPS) is 11.9. The van der Waals surface area contributed by atoms with Crippen molar-refractivity contribution >= 4 is 39.3 Å². The Kier molecular flexibility index (Phi) is 6.44. The maximum absolute atomic E-state index is 12.3. The van der Waals surface area contributed by atoms with Gasteiger partial charge >= 0.3 is 5.97 Å². The standard InChI is InChI=1S/C23H24N2O4/c1-2-29-22(27)12-11-21(26)25-20(23(24)28)14-19-17-9-5-3-7-15(17)13-16-8-4-6-10-18(16)19/h3-10,13,20H,2,11-12,14H2,1H3,(H2,24,28)(H,25,26)/t20-/m0/s1. The second-order valence-electron chi connectivity index (χ2n) is 6.83. The third kappa shape index (κ3) is 4.90. The molecule has 0 aliphatic rings. The van der Waals surface area contributed by atoms with E-state index in [1.165, 1.54) is 0 Å². The van der Waals surface area contributed by atoms with Gasteiger partial charge in [0.05, 0.1) is 13.0 Å². The quantitative estimate of drug-likeness (QED) is 0.455. The van der Waals surface area contributed by atoms with E-state index >= 15 is 0 Å². The summed E-state index contributed by atoms with van der Waals surface area (Å²) in [5.74, 6) is -1.48. The number of benzene rings is 3. The topological polar surface area (TPSA) is 98.5 Å². The van der Waals surface area contributed by atoms with Crippen LogP contribution in [0.5, 0.6) is 0 Å². The number of rotatable bonds is 8. The van der Waals surface area contributed by atoms with E-state index in [1.54, 1.807) is 6.92 Å². The highest BCUT2D eigenvalue weighted by Gasteiger charge is 2.21. The number of nitrogens with one attached hydrogen (secondary N) is 1. The van der Waals surface area contributed by atoms with Crippen molar-refractivity contribution in [1.29, 1.82) is 0 Å². The first-order valence-electron chi connectivity index (χ1n) is 9.63. The summed E-state index contributed by atoms with van der Waals surface area (Å²) in [7, 11) is 0. The highest BCUT2D eigenvalue weighted by Crippen LogP contribution is 2.29. The van der Waals surface area contributed by atoms with Gasteiger partial charge in [-0.2, -0.15) is 0 Å². The van der Waals surface area contributed by atoms with E-state index in [9.17, 15) is 14.4 Å². The molecule has 0 saturated carbocycles. The zero-order chi connectivity index (χ0) is 20.8. The lowest BCUT2D eigenvalue weighted by Crippen LogP contribution is -2.46. The van der Waals surface area contributed by atoms with Crippen LogP contribution in [0, 0.1) is 0 Å². The van der Waals surface area contributed by atoms with Gasteiger partial charge in [-0.1, -0.05) is 48.5 Å². The van der Waals surface area contributed by atoms with Gasteiger partial charge in [0, 0.05) is 12.8 Å². The molecule has 0 spiro atoms. The molecule has 0 bridgehead atoms. The monoisotopic (exact) mass is 392 g/mol. The number of hydrogen-bond acceptors (Lipinski definition) is 4. The van der Waals surface area contributed by atoms with Crippen molar-refractivity contribution in [2.75, 3.05) is 6.61 Å². The van der Waals surface area contributed by atoms with E-state index in [-0.39, 0.29) is 25.9 Å². The predicted molar refractivity (Wildman–Crippen MR) is 112 cm³/mol. The first-order chi connectivity index (χ1) is 14.0. The van der Waals surface area contributed by atoms with Crippen LogP contribution in [0.2, 0.25) is 0 Å². The molecule has 3 aromatic carbocycles. The zero-order valence-electron chi connectivity index (χ0n) is 16.3. The van der Waals surface area contributed by atoms with Gasteiger partial charge in [0.25, 0.3) is 0 Å². The van der Waals surface area contributed by atoms with Crippen LogP contribution in [0.4, 0.5) is 0 Å². The molecule has 3 N–H and O–H groups in total. The van der Waals surface area contributed by atoms with Crippen molar-refractivity contribution in [3.8, 4) is 0 Å². The summed E-state index contributed by atoms with van der Waals surface area (Å²) in [4.78, 5) is 35.8. The molecular formula is C23H24N2O4. The number of ether oxygens (including phenoxy) is 1. The molecule has 0 unspecified atom stereocenters. The molecule has 2 amide bonds. The summed E-state index contributed by atoms with van der Waals surface area (Å²) in [6.45, 7) is 1.97. The van der Waals surface area contributed by atoms with Crippen LogP contribution < -0.4 is 11.1 Å². The highest BCUT2D eigenvalue weighted by molar-refractivity contribution is 6.03. The van der Waals surface area contributed by atoms with Crippen LogP contribution in [0.15, 0.2) is 54.6 Å². The Morgan fingerprint density at radius 1 is 0.966 bits per heavy atom. The summed E-state index contributed by atoms with van der Waals surface area (Å²) >= 11 is 0. The molecule has 150 valence electrons. The lowest BCUT2D eigenvalue weighted by atomic mass is 9.92. The maximum Gasteiger partial charge on any atom is 0.306 e. The number of esters is 1. The average molecular weight is 392 g/mol. The summed E-state index contributed by atoms with van der Waals surface area (Å²) in [5, 5.41) is 6.80. The lowest BCUT2D eigenvalue weighted by Gasteiger charge is -2.18. The molecule has 6 nitrogen and oxygen atoms in total. The number of hydrogen-bond donors (Lipinski definition) is 2. The maximum atomic E-state index is 12.3. The lowest BCUT2D eigenvalue weighted by molar-refractivity contribution is -0.144. The van der Waals surface area contributed by atoms with Gasteiger partial charge in [-0.3, -0.25) is 14.4 Å². The van der Waals surface area contributed by atoms with Gasteiger partial charge in [-0.15, -0.1) is 0 Å². The van der Waals surface area contributed by atoms with Crippen molar-refractivity contribution in [2.45, 2.75) is 32.2 Å². The minimum Gasteiger partial charge on any atom is -0.466 e. The minimum absolute atomic E-state index is 0.0393. The van der Waals surface area contributed by atoms with Crippen LogP contribution in [-0.4, -0.2) is 30.4 Å². The molecule has 1 atom stereocenters. The Morgan fingerprint density at radius 3 is 2.10 bits per heavy atom. The Morgan fingerprint density at radius 2 is 1.55 bits per heavy atom. The van der Waals surface area contributed by atoms with Gasteiger partial charge in [0.1, 0.15) is 6.04 Å². The first kappa shape index (κ1) is 20.3. The average Bonchev–Trinajstić information content (AvgIpc) is 2.71. The molecule has 6 heteroatoms. The van der Waals surface area contributed by atoms with Crippen molar-refractivity contribution in [1.82, 2.24) is 5.32 Å². The first-order valence-corrected chi connectivity index (χ1v) is 9.63. The predicted octanol–water partition coefficient (Wildman–Crippen LogP) is 2.85. The molecule has 29 heavy (non-hydrogen) atoms. The molecule has 0 aliphatic carbocycles.